The van der Waals surface area contributed by atoms with Crippen LogP contribution in [0.3, 0.4) is 0 Å². The summed E-state index contributed by atoms with van der Waals surface area (Å²) in [7, 11) is 4.86. The number of non-ortho nitro benzene ring substituents is 1. The molecule has 1 atom stereocenters. The number of amides is 1. The first kappa shape index (κ1) is 23.7. The standard InChI is InChI=1S/C25H25N5O5/c1-16(17-6-5-7-21(11-17)30(32)33)28(2)25(31)20-10-19-14-27-29(24(19)26-13-20)15-18-8-9-22(34-3)12-23(18)35-4/h5-14,16H,15H2,1-4H3. The van der Waals surface area contributed by atoms with Gasteiger partial charge in [-0.25, -0.2) is 9.67 Å². The quantitative estimate of drug-likeness (QED) is 0.277. The Morgan fingerprint density at radius 3 is 2.66 bits per heavy atom. The Bertz CT molecular complexity index is 1400. The number of methoxy groups -OCH3 is 2. The van der Waals surface area contributed by atoms with Crippen molar-refractivity contribution in [3.05, 3.63) is 87.7 Å². The number of rotatable bonds is 8. The van der Waals surface area contributed by atoms with Crippen LogP contribution in [-0.2, 0) is 6.54 Å². The maximum absolute atomic E-state index is 13.2. The van der Waals surface area contributed by atoms with Crippen molar-refractivity contribution in [2.45, 2.75) is 19.5 Å². The van der Waals surface area contributed by atoms with Crippen LogP contribution in [0.1, 0.15) is 34.5 Å². The Kier molecular flexibility index (Phi) is 6.63. The van der Waals surface area contributed by atoms with E-state index in [1.165, 1.54) is 23.2 Å². The molecule has 0 N–H and O–H groups in total. The van der Waals surface area contributed by atoms with Crippen LogP contribution < -0.4 is 9.47 Å². The Labute approximate surface area is 201 Å². The number of hydrogen-bond donors (Lipinski definition) is 0. The van der Waals surface area contributed by atoms with Crippen LogP contribution in [0.4, 0.5) is 5.69 Å². The third kappa shape index (κ3) is 4.77. The molecule has 180 valence electrons. The molecular weight excluding hydrogens is 450 g/mol. The summed E-state index contributed by atoms with van der Waals surface area (Å²) in [5, 5.41) is 16.3. The summed E-state index contributed by atoms with van der Waals surface area (Å²) >= 11 is 0. The fraction of sp³-hybridized carbons (Fsp3) is 0.240. The van der Waals surface area contributed by atoms with E-state index in [4.69, 9.17) is 9.47 Å². The van der Waals surface area contributed by atoms with Gasteiger partial charge >= 0.3 is 0 Å². The molecule has 1 amide bonds. The first-order valence-corrected chi connectivity index (χ1v) is 10.9. The van der Waals surface area contributed by atoms with Crippen molar-refractivity contribution in [1.82, 2.24) is 19.7 Å². The topological polar surface area (TPSA) is 113 Å². The Hall–Kier alpha value is -4.47. The largest absolute Gasteiger partial charge is 0.497 e. The molecule has 0 aliphatic carbocycles. The van der Waals surface area contributed by atoms with Gasteiger partial charge in [0.15, 0.2) is 5.65 Å². The molecule has 0 spiro atoms. The third-order valence-corrected chi connectivity index (χ3v) is 6.00. The number of pyridine rings is 1. The summed E-state index contributed by atoms with van der Waals surface area (Å²) in [6, 6.07) is 13.2. The number of carbonyl (C=O) groups is 1. The SMILES string of the molecule is COc1ccc(Cn2ncc3cc(C(=O)N(C)C(C)c4cccc([N+](=O)[O-])c4)cnc32)c(OC)c1. The number of hydrogen-bond acceptors (Lipinski definition) is 7. The van der Waals surface area contributed by atoms with E-state index in [9.17, 15) is 14.9 Å². The Morgan fingerprint density at radius 1 is 1.14 bits per heavy atom. The smallest absolute Gasteiger partial charge is 0.269 e. The zero-order valence-corrected chi connectivity index (χ0v) is 19.8. The van der Waals surface area contributed by atoms with Crippen molar-refractivity contribution in [2.24, 2.45) is 0 Å². The van der Waals surface area contributed by atoms with Gasteiger partial charge < -0.3 is 14.4 Å². The van der Waals surface area contributed by atoms with Crippen molar-refractivity contribution in [2.75, 3.05) is 21.3 Å². The lowest BCUT2D eigenvalue weighted by atomic mass is 10.1. The number of ether oxygens (including phenoxy) is 2. The van der Waals surface area contributed by atoms with Crippen molar-refractivity contribution >= 4 is 22.6 Å². The summed E-state index contributed by atoms with van der Waals surface area (Å²) < 4.78 is 12.5. The molecule has 0 radical (unpaired) electrons. The Balaban J connectivity index is 1.56. The molecule has 0 saturated carbocycles. The van der Waals surface area contributed by atoms with E-state index in [1.54, 1.807) is 50.3 Å². The van der Waals surface area contributed by atoms with Crippen LogP contribution >= 0.6 is 0 Å². The van der Waals surface area contributed by atoms with Gasteiger partial charge in [-0.1, -0.05) is 12.1 Å². The fourth-order valence-corrected chi connectivity index (χ4v) is 3.85. The molecule has 1 unspecified atom stereocenters. The van der Waals surface area contributed by atoms with Gasteiger partial charge in [0.1, 0.15) is 11.5 Å². The Morgan fingerprint density at radius 2 is 1.94 bits per heavy atom. The van der Waals surface area contributed by atoms with Crippen molar-refractivity contribution in [1.29, 1.82) is 0 Å². The molecule has 2 aromatic carbocycles. The molecule has 35 heavy (non-hydrogen) atoms. The molecule has 4 aromatic rings. The van der Waals surface area contributed by atoms with Crippen molar-refractivity contribution < 1.29 is 19.2 Å². The number of fused-ring (bicyclic) bond motifs is 1. The van der Waals surface area contributed by atoms with Crippen LogP contribution in [0.15, 0.2) is 60.9 Å². The summed E-state index contributed by atoms with van der Waals surface area (Å²) in [5.41, 5.74) is 2.60. The van der Waals surface area contributed by atoms with Crippen LogP contribution in [0.25, 0.3) is 11.0 Å². The normalized spacial score (nSPS) is 11.8. The first-order chi connectivity index (χ1) is 16.8. The molecular formula is C25H25N5O5. The minimum atomic E-state index is -0.449. The molecule has 4 rings (SSSR count). The second-order valence-electron chi connectivity index (χ2n) is 8.06. The molecule has 0 aliphatic heterocycles. The van der Waals surface area contributed by atoms with Gasteiger partial charge in [-0.3, -0.25) is 14.9 Å². The van der Waals surface area contributed by atoms with Gasteiger partial charge in [0.25, 0.3) is 11.6 Å². The van der Waals surface area contributed by atoms with Crippen LogP contribution in [0, 0.1) is 10.1 Å². The molecule has 2 aromatic heterocycles. The van der Waals surface area contributed by atoms with Gasteiger partial charge in [0.05, 0.1) is 43.5 Å². The number of nitro benzene ring substituents is 1. The second kappa shape index (κ2) is 9.80. The lowest BCUT2D eigenvalue weighted by Crippen LogP contribution is -2.29. The number of aromatic nitrogens is 3. The first-order valence-electron chi connectivity index (χ1n) is 10.9. The van der Waals surface area contributed by atoms with Crippen LogP contribution in [-0.4, -0.2) is 51.8 Å². The van der Waals surface area contributed by atoms with Gasteiger partial charge in [-0.15, -0.1) is 0 Å². The number of benzene rings is 2. The summed E-state index contributed by atoms with van der Waals surface area (Å²) in [4.78, 5) is 29.8. The lowest BCUT2D eigenvalue weighted by Gasteiger charge is -2.25. The lowest BCUT2D eigenvalue weighted by molar-refractivity contribution is -0.384. The molecule has 10 heteroatoms. The second-order valence-corrected chi connectivity index (χ2v) is 8.06. The highest BCUT2D eigenvalue weighted by Gasteiger charge is 2.22. The monoisotopic (exact) mass is 475 g/mol. The molecule has 10 nitrogen and oxygen atoms in total. The number of carbonyl (C=O) groups excluding carboxylic acids is 1. The van der Waals surface area contributed by atoms with E-state index in [0.29, 0.717) is 34.8 Å². The average molecular weight is 476 g/mol. The molecule has 0 aliphatic rings. The zero-order chi connectivity index (χ0) is 25.1. The molecule has 2 heterocycles. The fourth-order valence-electron chi connectivity index (χ4n) is 3.85. The predicted molar refractivity (Wildman–Crippen MR) is 130 cm³/mol. The highest BCUT2D eigenvalue weighted by atomic mass is 16.6. The minimum Gasteiger partial charge on any atom is -0.497 e. The third-order valence-electron chi connectivity index (χ3n) is 6.00. The van der Waals surface area contributed by atoms with E-state index >= 15 is 0 Å². The van der Waals surface area contributed by atoms with E-state index in [2.05, 4.69) is 10.1 Å². The van der Waals surface area contributed by atoms with Gasteiger partial charge in [-0.2, -0.15) is 5.10 Å². The average Bonchev–Trinajstić information content (AvgIpc) is 3.29. The van der Waals surface area contributed by atoms with Crippen LogP contribution in [0.5, 0.6) is 11.5 Å². The maximum atomic E-state index is 13.2. The maximum Gasteiger partial charge on any atom is 0.269 e. The summed E-state index contributed by atoms with van der Waals surface area (Å²) in [5.74, 6) is 1.13. The van der Waals surface area contributed by atoms with E-state index in [1.807, 2.05) is 25.1 Å². The van der Waals surface area contributed by atoms with Gasteiger partial charge in [0, 0.05) is 42.4 Å². The number of nitro groups is 1. The zero-order valence-electron chi connectivity index (χ0n) is 19.8. The van der Waals surface area contributed by atoms with Crippen molar-refractivity contribution in [3.63, 3.8) is 0 Å². The van der Waals surface area contributed by atoms with E-state index in [0.717, 1.165) is 10.9 Å². The van der Waals surface area contributed by atoms with E-state index < -0.39 is 4.92 Å². The van der Waals surface area contributed by atoms with Crippen molar-refractivity contribution in [3.8, 4) is 11.5 Å². The molecule has 0 saturated heterocycles. The highest BCUT2D eigenvalue weighted by molar-refractivity contribution is 5.97. The van der Waals surface area contributed by atoms with Crippen LogP contribution in [0.2, 0.25) is 0 Å². The minimum absolute atomic E-state index is 0.0146. The molecule has 0 bridgehead atoms. The predicted octanol–water partition coefficient (Wildman–Crippen LogP) is 4.24. The summed E-state index contributed by atoms with van der Waals surface area (Å²) in [6.45, 7) is 2.25. The van der Waals surface area contributed by atoms with Gasteiger partial charge in [0.2, 0.25) is 0 Å². The highest BCUT2D eigenvalue weighted by Crippen LogP contribution is 2.27. The molecule has 0 fully saturated rings. The van der Waals surface area contributed by atoms with E-state index in [-0.39, 0.29) is 17.6 Å². The summed E-state index contributed by atoms with van der Waals surface area (Å²) in [6.07, 6.45) is 3.18. The number of nitrogens with zero attached hydrogens (tertiary/aromatic N) is 5. The van der Waals surface area contributed by atoms with Gasteiger partial charge in [-0.05, 0) is 30.7 Å².